The van der Waals surface area contributed by atoms with Gasteiger partial charge in [0.2, 0.25) is 0 Å². The fourth-order valence-corrected chi connectivity index (χ4v) is 3.52. The lowest BCUT2D eigenvalue weighted by Crippen LogP contribution is -2.48. The number of hydrogen-bond donors (Lipinski definition) is 2. The zero-order valence-corrected chi connectivity index (χ0v) is 16.6. The molecule has 0 aliphatic carbocycles. The molecule has 0 amide bonds. The maximum Gasteiger partial charge on any atom is 0.191 e. The second-order valence-electron chi connectivity index (χ2n) is 6.65. The Hall–Kier alpha value is -1.33. The van der Waals surface area contributed by atoms with Gasteiger partial charge in [-0.3, -0.25) is 9.89 Å². The van der Waals surface area contributed by atoms with Crippen molar-refractivity contribution in [2.75, 3.05) is 26.7 Å². The first-order valence-corrected chi connectivity index (χ1v) is 9.36. The number of rotatable bonds is 5. The average molecular weight is 393 g/mol. The molecule has 1 saturated heterocycles. The van der Waals surface area contributed by atoms with Gasteiger partial charge in [-0.15, -0.1) is 0 Å². The summed E-state index contributed by atoms with van der Waals surface area (Å²) >= 11 is 3.51. The smallest absolute Gasteiger partial charge is 0.191 e. The van der Waals surface area contributed by atoms with E-state index in [0.29, 0.717) is 6.04 Å². The van der Waals surface area contributed by atoms with Crippen LogP contribution in [0.2, 0.25) is 0 Å². The third-order valence-corrected chi connectivity index (χ3v) is 4.89. The number of aryl methyl sites for hydroxylation is 1. The summed E-state index contributed by atoms with van der Waals surface area (Å²) in [6, 6.07) is 6.86. The quantitative estimate of drug-likeness (QED) is 0.457. The second-order valence-corrected chi connectivity index (χ2v) is 7.56. The van der Waals surface area contributed by atoms with Crippen molar-refractivity contribution in [2.24, 2.45) is 4.99 Å². The number of aliphatic imine (C=N–C) groups is 1. The van der Waals surface area contributed by atoms with E-state index in [1.54, 1.807) is 0 Å². The first kappa shape index (κ1) is 19.0. The highest BCUT2D eigenvalue weighted by Crippen LogP contribution is 2.16. The summed E-state index contributed by atoms with van der Waals surface area (Å²) in [5.41, 5.74) is 3.81. The third-order valence-electron chi connectivity index (χ3n) is 4.40. The van der Waals surface area contributed by atoms with Crippen LogP contribution in [0.5, 0.6) is 0 Å². The normalized spacial score (nSPS) is 16.9. The van der Waals surface area contributed by atoms with Crippen LogP contribution in [0.4, 0.5) is 0 Å². The molecule has 2 rings (SSSR count). The first-order chi connectivity index (χ1) is 11.5. The maximum atomic E-state index is 4.37. The molecule has 1 aliphatic heterocycles. The number of hydrogen-bond acceptors (Lipinski definition) is 2. The van der Waals surface area contributed by atoms with Gasteiger partial charge in [0, 0.05) is 43.7 Å². The number of guanidine groups is 1. The Balaban J connectivity index is 1.80. The fourth-order valence-electron chi connectivity index (χ4n) is 3.04. The molecule has 0 aromatic heterocycles. The van der Waals surface area contributed by atoms with Gasteiger partial charge in [-0.05, 0) is 49.9 Å². The Labute approximate surface area is 154 Å². The van der Waals surface area contributed by atoms with Crippen molar-refractivity contribution in [2.45, 2.75) is 39.3 Å². The zero-order chi connectivity index (χ0) is 17.5. The Bertz CT molecular complexity index is 589. The van der Waals surface area contributed by atoms with Gasteiger partial charge in [0.05, 0.1) is 0 Å². The summed E-state index contributed by atoms with van der Waals surface area (Å²) in [5.74, 6) is 0.885. The topological polar surface area (TPSA) is 39.7 Å². The van der Waals surface area contributed by atoms with Crippen LogP contribution in [0.25, 0.3) is 0 Å². The highest BCUT2D eigenvalue weighted by molar-refractivity contribution is 9.10. The SMILES string of the molecule is C=C(C)CN1CCC(NC(=NC)NCc2ccc(Br)cc2C)CC1. The Kier molecular flexibility index (Phi) is 7.31. The first-order valence-electron chi connectivity index (χ1n) is 8.57. The van der Waals surface area contributed by atoms with E-state index in [0.717, 1.165) is 49.5 Å². The summed E-state index contributed by atoms with van der Waals surface area (Å²) in [6.07, 6.45) is 2.29. The van der Waals surface area contributed by atoms with Crippen molar-refractivity contribution < 1.29 is 0 Å². The molecule has 1 aromatic rings. The van der Waals surface area contributed by atoms with E-state index in [1.807, 2.05) is 7.05 Å². The summed E-state index contributed by atoms with van der Waals surface area (Å²) < 4.78 is 1.12. The van der Waals surface area contributed by atoms with Crippen molar-refractivity contribution >= 4 is 21.9 Å². The highest BCUT2D eigenvalue weighted by Gasteiger charge is 2.19. The molecule has 0 atom stereocenters. The van der Waals surface area contributed by atoms with Crippen molar-refractivity contribution in [1.82, 2.24) is 15.5 Å². The van der Waals surface area contributed by atoms with Crippen LogP contribution in [-0.4, -0.2) is 43.6 Å². The number of likely N-dealkylation sites (tertiary alicyclic amines) is 1. The molecule has 0 saturated carbocycles. The number of piperidine rings is 1. The zero-order valence-electron chi connectivity index (χ0n) is 15.0. The molecule has 5 heteroatoms. The van der Waals surface area contributed by atoms with Gasteiger partial charge in [-0.1, -0.05) is 34.1 Å². The third kappa shape index (κ3) is 5.95. The Morgan fingerprint density at radius 2 is 2.08 bits per heavy atom. The number of nitrogens with one attached hydrogen (secondary N) is 2. The fraction of sp³-hybridized carbons (Fsp3) is 0.526. The van der Waals surface area contributed by atoms with E-state index in [9.17, 15) is 0 Å². The van der Waals surface area contributed by atoms with E-state index in [2.05, 4.69) is 75.1 Å². The molecule has 0 bridgehead atoms. The van der Waals surface area contributed by atoms with Gasteiger partial charge in [0.25, 0.3) is 0 Å². The minimum atomic E-state index is 0.489. The minimum absolute atomic E-state index is 0.489. The van der Waals surface area contributed by atoms with Crippen LogP contribution >= 0.6 is 15.9 Å². The van der Waals surface area contributed by atoms with Crippen LogP contribution in [-0.2, 0) is 6.54 Å². The standard InChI is InChI=1S/C19H29BrN4/c1-14(2)13-24-9-7-18(8-10-24)23-19(21-4)22-12-16-5-6-17(20)11-15(16)3/h5-6,11,18H,1,7-10,12-13H2,2-4H3,(H2,21,22,23). The van der Waals surface area contributed by atoms with Crippen molar-refractivity contribution in [3.8, 4) is 0 Å². The van der Waals surface area contributed by atoms with Crippen LogP contribution in [0, 0.1) is 6.92 Å². The Morgan fingerprint density at radius 1 is 1.38 bits per heavy atom. The summed E-state index contributed by atoms with van der Waals surface area (Å²) in [4.78, 5) is 6.84. The molecular weight excluding hydrogens is 364 g/mol. The highest BCUT2D eigenvalue weighted by atomic mass is 79.9. The molecule has 24 heavy (non-hydrogen) atoms. The lowest BCUT2D eigenvalue weighted by Gasteiger charge is -2.33. The van der Waals surface area contributed by atoms with E-state index in [1.165, 1.54) is 16.7 Å². The van der Waals surface area contributed by atoms with Crippen LogP contribution in [0.15, 0.2) is 39.8 Å². The van der Waals surface area contributed by atoms with Crippen LogP contribution < -0.4 is 10.6 Å². The summed E-state index contributed by atoms with van der Waals surface area (Å²) in [7, 11) is 1.83. The Morgan fingerprint density at radius 3 is 2.67 bits per heavy atom. The van der Waals surface area contributed by atoms with Crippen molar-refractivity contribution in [1.29, 1.82) is 0 Å². The van der Waals surface area contributed by atoms with E-state index in [4.69, 9.17) is 0 Å². The molecule has 4 nitrogen and oxygen atoms in total. The van der Waals surface area contributed by atoms with Crippen molar-refractivity contribution in [3.63, 3.8) is 0 Å². The van der Waals surface area contributed by atoms with E-state index >= 15 is 0 Å². The summed E-state index contributed by atoms with van der Waals surface area (Å²) in [6.45, 7) is 12.3. The van der Waals surface area contributed by atoms with Gasteiger partial charge in [-0.25, -0.2) is 0 Å². The predicted molar refractivity (Wildman–Crippen MR) is 106 cm³/mol. The van der Waals surface area contributed by atoms with Crippen molar-refractivity contribution in [3.05, 3.63) is 46.0 Å². The summed E-state index contributed by atoms with van der Waals surface area (Å²) in [5, 5.41) is 6.99. The second kappa shape index (κ2) is 9.23. The van der Waals surface area contributed by atoms with Gasteiger partial charge in [0.1, 0.15) is 0 Å². The maximum absolute atomic E-state index is 4.37. The lowest BCUT2D eigenvalue weighted by atomic mass is 10.0. The lowest BCUT2D eigenvalue weighted by molar-refractivity contribution is 0.221. The average Bonchev–Trinajstić information content (AvgIpc) is 2.54. The molecule has 0 unspecified atom stereocenters. The van der Waals surface area contributed by atoms with Gasteiger partial charge >= 0.3 is 0 Å². The van der Waals surface area contributed by atoms with Gasteiger partial charge in [0.15, 0.2) is 5.96 Å². The van der Waals surface area contributed by atoms with Gasteiger partial charge < -0.3 is 10.6 Å². The number of nitrogens with zero attached hydrogens (tertiary/aromatic N) is 2. The molecule has 1 fully saturated rings. The van der Waals surface area contributed by atoms with Crippen LogP contribution in [0.1, 0.15) is 30.9 Å². The van der Waals surface area contributed by atoms with Crippen LogP contribution in [0.3, 0.4) is 0 Å². The molecule has 1 aliphatic rings. The number of halogens is 1. The number of benzene rings is 1. The van der Waals surface area contributed by atoms with Gasteiger partial charge in [-0.2, -0.15) is 0 Å². The molecule has 1 heterocycles. The molecule has 132 valence electrons. The molecule has 0 radical (unpaired) electrons. The monoisotopic (exact) mass is 392 g/mol. The molecule has 2 N–H and O–H groups in total. The predicted octanol–water partition coefficient (Wildman–Crippen LogP) is 3.46. The molecule has 0 spiro atoms. The van der Waals surface area contributed by atoms with E-state index in [-0.39, 0.29) is 0 Å². The molecular formula is C19H29BrN4. The molecule has 1 aromatic carbocycles. The van der Waals surface area contributed by atoms with E-state index < -0.39 is 0 Å². The largest absolute Gasteiger partial charge is 0.354 e. The minimum Gasteiger partial charge on any atom is -0.354 e.